The fourth-order valence-corrected chi connectivity index (χ4v) is 4.60. The van der Waals surface area contributed by atoms with E-state index in [9.17, 15) is 22.8 Å². The second-order valence-corrected chi connectivity index (χ2v) is 8.76. The zero-order valence-corrected chi connectivity index (χ0v) is 20.0. The third kappa shape index (κ3) is 5.53. The fourth-order valence-electron chi connectivity index (χ4n) is 4.60. The molecule has 0 radical (unpaired) electrons. The lowest BCUT2D eigenvalue weighted by atomic mass is 9.84. The molecule has 2 aliphatic rings. The van der Waals surface area contributed by atoms with Gasteiger partial charge in [0.05, 0.1) is 25.3 Å². The Hall–Kier alpha value is -3.40. The summed E-state index contributed by atoms with van der Waals surface area (Å²) in [7, 11) is 1.51. The highest BCUT2D eigenvalue weighted by atomic mass is 19.4. The second kappa shape index (κ2) is 10.7. The average Bonchev–Trinajstić information content (AvgIpc) is 3.38. The molecule has 2 aliphatic heterocycles. The molecule has 2 aromatic rings. The number of carbonyl (C=O) groups excluding carboxylic acids is 2. The van der Waals surface area contributed by atoms with Crippen molar-refractivity contribution in [3.63, 3.8) is 0 Å². The molecule has 1 fully saturated rings. The van der Waals surface area contributed by atoms with E-state index in [2.05, 4.69) is 4.98 Å². The number of esters is 1. The van der Waals surface area contributed by atoms with Gasteiger partial charge in [0.2, 0.25) is 5.91 Å². The Bertz CT molecular complexity index is 1140. The maximum atomic E-state index is 13.4. The van der Waals surface area contributed by atoms with Crippen molar-refractivity contribution >= 4 is 11.9 Å². The van der Waals surface area contributed by atoms with Crippen LogP contribution in [-0.2, 0) is 31.8 Å². The van der Waals surface area contributed by atoms with E-state index >= 15 is 0 Å². The minimum atomic E-state index is -4.60. The van der Waals surface area contributed by atoms with Gasteiger partial charge in [0.15, 0.2) is 0 Å². The number of rotatable bonds is 7. The average molecular weight is 505 g/mol. The van der Waals surface area contributed by atoms with E-state index in [4.69, 9.17) is 14.2 Å². The molecule has 3 heterocycles. The standard InChI is InChI=1S/C26H27F3N2O5/c1-16-24(25(33)36-15-18-6-3-4-8-21(18)34-2)20(17-9-10-22(30-13-17)26(27,28)29)12-23(32)31(16)14-19-7-5-11-35-19/h3-4,6,8-10,13,19-20H,5,7,11-12,14-15H2,1-2H3. The summed E-state index contributed by atoms with van der Waals surface area (Å²) in [5, 5.41) is 0. The molecule has 7 nitrogen and oxygen atoms in total. The van der Waals surface area contributed by atoms with E-state index in [1.54, 1.807) is 31.2 Å². The van der Waals surface area contributed by atoms with Crippen LogP contribution in [0.2, 0.25) is 0 Å². The Balaban J connectivity index is 1.65. The third-order valence-electron chi connectivity index (χ3n) is 6.48. The van der Waals surface area contributed by atoms with E-state index in [0.29, 0.717) is 35.7 Å². The van der Waals surface area contributed by atoms with E-state index in [0.717, 1.165) is 25.1 Å². The van der Waals surface area contributed by atoms with Crippen LogP contribution in [-0.4, -0.2) is 48.1 Å². The highest BCUT2D eigenvalue weighted by Crippen LogP contribution is 2.38. The van der Waals surface area contributed by atoms with Gasteiger partial charge in [0, 0.05) is 36.4 Å². The molecule has 2 unspecified atom stereocenters. The number of ether oxygens (including phenoxy) is 3. The van der Waals surface area contributed by atoms with Crippen molar-refractivity contribution in [1.29, 1.82) is 0 Å². The number of carbonyl (C=O) groups is 2. The Morgan fingerprint density at radius 3 is 2.64 bits per heavy atom. The Kier molecular flexibility index (Phi) is 7.63. The summed E-state index contributed by atoms with van der Waals surface area (Å²) >= 11 is 0. The lowest BCUT2D eigenvalue weighted by Gasteiger charge is -2.35. The summed E-state index contributed by atoms with van der Waals surface area (Å²) in [4.78, 5) is 31.5. The molecule has 10 heteroatoms. The summed E-state index contributed by atoms with van der Waals surface area (Å²) in [6.07, 6.45) is -2.08. The second-order valence-electron chi connectivity index (χ2n) is 8.76. The van der Waals surface area contributed by atoms with Crippen molar-refractivity contribution in [1.82, 2.24) is 9.88 Å². The number of para-hydroxylation sites is 1. The van der Waals surface area contributed by atoms with Crippen LogP contribution in [0.3, 0.4) is 0 Å². The van der Waals surface area contributed by atoms with E-state index in [-0.39, 0.29) is 30.6 Å². The molecular formula is C26H27F3N2O5. The monoisotopic (exact) mass is 504 g/mol. The van der Waals surface area contributed by atoms with Gasteiger partial charge in [-0.15, -0.1) is 0 Å². The first-order valence-corrected chi connectivity index (χ1v) is 11.6. The predicted molar refractivity (Wildman–Crippen MR) is 123 cm³/mol. The first-order valence-electron chi connectivity index (χ1n) is 11.6. The summed E-state index contributed by atoms with van der Waals surface area (Å²) in [5.74, 6) is -1.14. The molecular weight excluding hydrogens is 477 g/mol. The maximum absolute atomic E-state index is 13.4. The lowest BCUT2D eigenvalue weighted by Crippen LogP contribution is -2.42. The molecule has 192 valence electrons. The van der Waals surface area contributed by atoms with Crippen LogP contribution in [0.4, 0.5) is 13.2 Å². The number of allylic oxidation sites excluding steroid dienone is 1. The van der Waals surface area contributed by atoms with Gasteiger partial charge in [-0.1, -0.05) is 24.3 Å². The number of alkyl halides is 3. The van der Waals surface area contributed by atoms with E-state index < -0.39 is 23.8 Å². The lowest BCUT2D eigenvalue weighted by molar-refractivity contribution is -0.142. The van der Waals surface area contributed by atoms with Gasteiger partial charge < -0.3 is 19.1 Å². The number of aromatic nitrogens is 1. The smallest absolute Gasteiger partial charge is 0.433 e. The highest BCUT2D eigenvalue weighted by Gasteiger charge is 2.39. The number of benzene rings is 1. The molecule has 1 saturated heterocycles. The summed E-state index contributed by atoms with van der Waals surface area (Å²) in [5.41, 5.74) is 0.550. The van der Waals surface area contributed by atoms with Crippen molar-refractivity contribution < 1.29 is 37.0 Å². The Morgan fingerprint density at radius 2 is 2.00 bits per heavy atom. The number of halogens is 3. The normalized spacial score (nSPS) is 20.6. The number of nitrogens with zero attached hydrogens (tertiary/aromatic N) is 2. The molecule has 1 aromatic heterocycles. The van der Waals surface area contributed by atoms with Gasteiger partial charge in [-0.2, -0.15) is 13.2 Å². The fraction of sp³-hybridized carbons (Fsp3) is 0.423. The number of hydrogen-bond donors (Lipinski definition) is 0. The van der Waals surface area contributed by atoms with E-state index in [1.807, 2.05) is 0 Å². The first-order chi connectivity index (χ1) is 17.2. The zero-order valence-electron chi connectivity index (χ0n) is 20.0. The van der Waals surface area contributed by atoms with Crippen LogP contribution in [0.25, 0.3) is 0 Å². The van der Waals surface area contributed by atoms with Gasteiger partial charge in [0.25, 0.3) is 0 Å². The Morgan fingerprint density at radius 1 is 1.22 bits per heavy atom. The number of pyridine rings is 1. The van der Waals surface area contributed by atoms with E-state index in [1.165, 1.54) is 18.1 Å². The van der Waals surface area contributed by atoms with Crippen LogP contribution in [0.15, 0.2) is 53.9 Å². The van der Waals surface area contributed by atoms with Crippen molar-refractivity contribution in [3.05, 3.63) is 70.7 Å². The zero-order chi connectivity index (χ0) is 25.9. The molecule has 0 bridgehead atoms. The minimum absolute atomic E-state index is 0.0721. The SMILES string of the molecule is COc1ccccc1COC(=O)C1=C(C)N(CC2CCCO2)C(=O)CC1c1ccc(C(F)(F)F)nc1. The molecule has 36 heavy (non-hydrogen) atoms. The molecule has 4 rings (SSSR count). The summed E-state index contributed by atoms with van der Waals surface area (Å²) < 4.78 is 55.7. The van der Waals surface area contributed by atoms with Crippen LogP contribution in [0, 0.1) is 0 Å². The van der Waals surface area contributed by atoms with Crippen LogP contribution >= 0.6 is 0 Å². The molecule has 1 aromatic carbocycles. The minimum Gasteiger partial charge on any atom is -0.496 e. The number of amides is 1. The molecule has 2 atom stereocenters. The quantitative estimate of drug-likeness (QED) is 0.512. The summed E-state index contributed by atoms with van der Waals surface area (Å²) in [6, 6.07) is 9.19. The Labute approximate surface area is 206 Å². The molecule has 0 saturated carbocycles. The van der Waals surface area contributed by atoms with Crippen LogP contribution in [0.1, 0.15) is 48.9 Å². The predicted octanol–water partition coefficient (Wildman–Crippen LogP) is 4.62. The van der Waals surface area contributed by atoms with Crippen LogP contribution in [0.5, 0.6) is 5.75 Å². The number of hydrogen-bond acceptors (Lipinski definition) is 6. The highest BCUT2D eigenvalue weighted by molar-refractivity contribution is 5.95. The molecule has 0 aliphatic carbocycles. The molecule has 0 N–H and O–H groups in total. The van der Waals surface area contributed by atoms with Crippen molar-refractivity contribution in [2.75, 3.05) is 20.3 Å². The molecule has 0 spiro atoms. The largest absolute Gasteiger partial charge is 0.496 e. The number of methoxy groups -OCH3 is 1. The van der Waals surface area contributed by atoms with Gasteiger partial charge in [-0.05, 0) is 37.5 Å². The van der Waals surface area contributed by atoms with Crippen LogP contribution < -0.4 is 4.74 Å². The topological polar surface area (TPSA) is 78.0 Å². The van der Waals surface area contributed by atoms with Gasteiger partial charge in [-0.25, -0.2) is 4.79 Å². The van der Waals surface area contributed by atoms with Gasteiger partial charge in [0.1, 0.15) is 18.1 Å². The maximum Gasteiger partial charge on any atom is 0.433 e. The van der Waals surface area contributed by atoms with Gasteiger partial charge >= 0.3 is 12.1 Å². The third-order valence-corrected chi connectivity index (χ3v) is 6.48. The first kappa shape index (κ1) is 25.7. The van der Waals surface area contributed by atoms with Gasteiger partial charge in [-0.3, -0.25) is 9.78 Å². The van der Waals surface area contributed by atoms with Crippen molar-refractivity contribution in [3.8, 4) is 5.75 Å². The molecule has 1 amide bonds. The van der Waals surface area contributed by atoms with Crippen molar-refractivity contribution in [2.24, 2.45) is 0 Å². The van der Waals surface area contributed by atoms with Crippen molar-refractivity contribution in [2.45, 2.75) is 51.0 Å². The summed E-state index contributed by atoms with van der Waals surface area (Å²) in [6.45, 7) is 2.49.